The van der Waals surface area contributed by atoms with Crippen LogP contribution in [0.3, 0.4) is 0 Å². The molecule has 3 rings (SSSR count). The molecule has 0 bridgehead atoms. The van der Waals surface area contributed by atoms with Crippen LogP contribution in [0.1, 0.15) is 0 Å². The molecule has 2 aromatic rings. The Morgan fingerprint density at radius 3 is 2.14 bits per heavy atom. The molecule has 2 amide bonds. The molecule has 1 N–H and O–H groups in total. The number of hydrogen-bond acceptors (Lipinski definition) is 3. The Labute approximate surface area is 136 Å². The summed E-state index contributed by atoms with van der Waals surface area (Å²) in [4.78, 5) is 25.8. The van der Waals surface area contributed by atoms with Crippen LogP contribution in [0.2, 0.25) is 5.02 Å². The highest BCUT2D eigenvalue weighted by Crippen LogP contribution is 2.31. The lowest BCUT2D eigenvalue weighted by molar-refractivity contribution is -0.120. The van der Waals surface area contributed by atoms with Gasteiger partial charge in [0.25, 0.3) is 11.8 Å². The van der Waals surface area contributed by atoms with Gasteiger partial charge in [0.1, 0.15) is 10.7 Å². The Morgan fingerprint density at radius 2 is 1.45 bits per heavy atom. The molecule has 0 saturated heterocycles. The molecule has 0 atom stereocenters. The van der Waals surface area contributed by atoms with E-state index in [0.717, 1.165) is 4.90 Å². The van der Waals surface area contributed by atoms with Gasteiger partial charge < -0.3 is 5.32 Å². The third-order valence-electron chi connectivity index (χ3n) is 3.18. The van der Waals surface area contributed by atoms with Crippen LogP contribution < -0.4 is 10.2 Å². The van der Waals surface area contributed by atoms with Crippen molar-refractivity contribution in [2.24, 2.45) is 0 Å². The second-order valence-electron chi connectivity index (χ2n) is 4.58. The molecule has 0 spiro atoms. The van der Waals surface area contributed by atoms with Gasteiger partial charge in [-0.15, -0.1) is 0 Å². The van der Waals surface area contributed by atoms with Crippen LogP contribution in [0.25, 0.3) is 0 Å². The van der Waals surface area contributed by atoms with Crippen LogP contribution in [-0.2, 0) is 9.59 Å². The lowest BCUT2D eigenvalue weighted by Gasteiger charge is -2.15. The van der Waals surface area contributed by atoms with Crippen LogP contribution in [0.4, 0.5) is 11.4 Å². The first kappa shape index (κ1) is 14.6. The van der Waals surface area contributed by atoms with Gasteiger partial charge in [-0.3, -0.25) is 9.59 Å². The number of nitrogens with one attached hydrogen (secondary N) is 1. The number of halogens is 2. The minimum absolute atomic E-state index is 0.0172. The lowest BCUT2D eigenvalue weighted by atomic mass is 10.3. The maximum atomic E-state index is 12.5. The second kappa shape index (κ2) is 5.83. The molecule has 22 heavy (non-hydrogen) atoms. The van der Waals surface area contributed by atoms with Crippen molar-refractivity contribution in [3.63, 3.8) is 0 Å². The fourth-order valence-electron chi connectivity index (χ4n) is 2.12. The Morgan fingerprint density at radius 1 is 0.818 bits per heavy atom. The van der Waals surface area contributed by atoms with E-state index < -0.39 is 11.8 Å². The number of nitrogens with zero attached hydrogens (tertiary/aromatic N) is 1. The van der Waals surface area contributed by atoms with E-state index in [2.05, 4.69) is 5.32 Å². The minimum atomic E-state index is -0.563. The fraction of sp³-hybridized carbons (Fsp3) is 0. The Bertz CT molecular complexity index is 788. The molecular formula is C16H10Cl2N2O2. The predicted octanol–water partition coefficient (Wildman–Crippen LogP) is 3.78. The monoisotopic (exact) mass is 332 g/mol. The van der Waals surface area contributed by atoms with Crippen molar-refractivity contribution >= 4 is 46.4 Å². The normalized spacial score (nSPS) is 14.7. The number of amides is 2. The van der Waals surface area contributed by atoms with Crippen molar-refractivity contribution in [1.29, 1.82) is 0 Å². The SMILES string of the molecule is O=C1C(Cl)=C(Nc2ccccc2Cl)C(=O)N1c1ccccc1. The first-order valence-corrected chi connectivity index (χ1v) is 7.20. The first-order valence-electron chi connectivity index (χ1n) is 6.45. The Balaban J connectivity index is 1.95. The van der Waals surface area contributed by atoms with Gasteiger partial charge in [-0.2, -0.15) is 0 Å². The smallest absolute Gasteiger partial charge is 0.283 e. The molecule has 4 nitrogen and oxygen atoms in total. The van der Waals surface area contributed by atoms with Crippen molar-refractivity contribution < 1.29 is 9.59 Å². The van der Waals surface area contributed by atoms with E-state index in [4.69, 9.17) is 23.2 Å². The summed E-state index contributed by atoms with van der Waals surface area (Å²) in [6, 6.07) is 15.5. The first-order chi connectivity index (χ1) is 10.6. The summed E-state index contributed by atoms with van der Waals surface area (Å²) in [6.45, 7) is 0. The molecule has 0 fully saturated rings. The number of benzene rings is 2. The molecule has 0 aromatic heterocycles. The summed E-state index contributed by atoms with van der Waals surface area (Å²) in [7, 11) is 0. The van der Waals surface area contributed by atoms with Gasteiger partial charge in [0.15, 0.2) is 0 Å². The summed E-state index contributed by atoms with van der Waals surface area (Å²) >= 11 is 12.1. The van der Waals surface area contributed by atoms with Gasteiger partial charge in [0.05, 0.1) is 16.4 Å². The highest BCUT2D eigenvalue weighted by atomic mass is 35.5. The minimum Gasteiger partial charge on any atom is -0.348 e. The zero-order valence-corrected chi connectivity index (χ0v) is 12.7. The second-order valence-corrected chi connectivity index (χ2v) is 5.36. The molecule has 0 radical (unpaired) electrons. The van der Waals surface area contributed by atoms with Crippen LogP contribution in [0.15, 0.2) is 65.3 Å². The Kier molecular flexibility index (Phi) is 3.88. The van der Waals surface area contributed by atoms with E-state index >= 15 is 0 Å². The molecule has 6 heteroatoms. The number of carbonyl (C=O) groups is 2. The average Bonchev–Trinajstić information content (AvgIpc) is 2.74. The summed E-state index contributed by atoms with van der Waals surface area (Å²) in [5, 5.41) is 3.11. The number of anilines is 2. The summed E-state index contributed by atoms with van der Waals surface area (Å²) in [6.07, 6.45) is 0. The zero-order chi connectivity index (χ0) is 15.7. The standard InChI is InChI=1S/C16H10Cl2N2O2/c17-11-8-4-5-9-12(11)19-14-13(18)15(21)20(16(14)22)10-6-2-1-3-7-10/h1-9,19H. The van der Waals surface area contributed by atoms with Crippen molar-refractivity contribution in [2.45, 2.75) is 0 Å². The van der Waals surface area contributed by atoms with Crippen LogP contribution in [-0.4, -0.2) is 11.8 Å². The zero-order valence-electron chi connectivity index (χ0n) is 11.2. The van der Waals surface area contributed by atoms with Gasteiger partial charge >= 0.3 is 0 Å². The van der Waals surface area contributed by atoms with E-state index in [0.29, 0.717) is 16.4 Å². The van der Waals surface area contributed by atoms with Crippen LogP contribution in [0.5, 0.6) is 0 Å². The van der Waals surface area contributed by atoms with Crippen LogP contribution in [0, 0.1) is 0 Å². The van der Waals surface area contributed by atoms with Gasteiger partial charge in [0, 0.05) is 0 Å². The number of imide groups is 1. The molecule has 110 valence electrons. The van der Waals surface area contributed by atoms with E-state index in [1.807, 2.05) is 0 Å². The molecular weight excluding hydrogens is 323 g/mol. The maximum Gasteiger partial charge on any atom is 0.283 e. The van der Waals surface area contributed by atoms with Crippen molar-refractivity contribution in [3.8, 4) is 0 Å². The number of carbonyl (C=O) groups excluding carboxylic acids is 2. The van der Waals surface area contributed by atoms with Crippen molar-refractivity contribution in [1.82, 2.24) is 0 Å². The Hall–Kier alpha value is -2.30. The van der Waals surface area contributed by atoms with Gasteiger partial charge in [-0.25, -0.2) is 4.90 Å². The number of rotatable bonds is 3. The van der Waals surface area contributed by atoms with Crippen LogP contribution >= 0.6 is 23.2 Å². The maximum absolute atomic E-state index is 12.5. The van der Waals surface area contributed by atoms with Crippen molar-refractivity contribution in [2.75, 3.05) is 10.2 Å². The molecule has 1 heterocycles. The van der Waals surface area contributed by atoms with E-state index in [-0.39, 0.29) is 10.7 Å². The fourth-order valence-corrected chi connectivity index (χ4v) is 2.52. The van der Waals surface area contributed by atoms with Gasteiger partial charge in [0.2, 0.25) is 0 Å². The summed E-state index contributed by atoms with van der Waals surface area (Å²) in [5.41, 5.74) is 0.989. The third kappa shape index (κ3) is 2.47. The number of hydrogen-bond donors (Lipinski definition) is 1. The molecule has 1 aliphatic heterocycles. The molecule has 0 unspecified atom stereocenters. The van der Waals surface area contributed by atoms with E-state index in [1.54, 1.807) is 54.6 Å². The average molecular weight is 333 g/mol. The molecule has 1 aliphatic rings. The highest BCUT2D eigenvalue weighted by Gasteiger charge is 2.38. The lowest BCUT2D eigenvalue weighted by Crippen LogP contribution is -2.32. The molecule has 2 aromatic carbocycles. The van der Waals surface area contributed by atoms with Gasteiger partial charge in [-0.05, 0) is 24.3 Å². The van der Waals surface area contributed by atoms with E-state index in [9.17, 15) is 9.59 Å². The third-order valence-corrected chi connectivity index (χ3v) is 3.86. The summed E-state index contributed by atoms with van der Waals surface area (Å²) in [5.74, 6) is -1.08. The topological polar surface area (TPSA) is 49.4 Å². The quantitative estimate of drug-likeness (QED) is 0.870. The largest absolute Gasteiger partial charge is 0.348 e. The molecule has 0 aliphatic carbocycles. The molecule has 0 saturated carbocycles. The summed E-state index contributed by atoms with van der Waals surface area (Å²) < 4.78 is 0. The van der Waals surface area contributed by atoms with Gasteiger partial charge in [-0.1, -0.05) is 53.5 Å². The number of para-hydroxylation sites is 2. The predicted molar refractivity (Wildman–Crippen MR) is 86.9 cm³/mol. The highest BCUT2D eigenvalue weighted by molar-refractivity contribution is 6.53. The van der Waals surface area contributed by atoms with Crippen molar-refractivity contribution in [3.05, 3.63) is 70.3 Å². The van der Waals surface area contributed by atoms with E-state index in [1.165, 1.54) is 0 Å².